The second-order valence-electron chi connectivity index (χ2n) is 8.52. The summed E-state index contributed by atoms with van der Waals surface area (Å²) in [7, 11) is 0. The molecule has 3 aromatic rings. The first kappa shape index (κ1) is 19.7. The Kier molecular flexibility index (Phi) is 5.18. The summed E-state index contributed by atoms with van der Waals surface area (Å²) in [5.41, 5.74) is 4.38. The molecule has 5 heteroatoms. The molecule has 5 nitrogen and oxygen atoms in total. The van der Waals surface area contributed by atoms with Crippen molar-refractivity contribution in [3.05, 3.63) is 70.9 Å². The molecule has 2 aliphatic rings. The molecule has 2 aromatic carbocycles. The highest BCUT2D eigenvalue weighted by Gasteiger charge is 2.38. The normalized spacial score (nSPS) is 16.5. The van der Waals surface area contributed by atoms with Gasteiger partial charge in [0.2, 0.25) is 0 Å². The lowest BCUT2D eigenvalue weighted by Gasteiger charge is -2.30. The first-order valence-corrected chi connectivity index (χ1v) is 11.3. The number of carbonyl (C=O) groups is 2. The average molecular weight is 414 g/mol. The van der Waals surface area contributed by atoms with Gasteiger partial charge in [-0.25, -0.2) is 4.98 Å². The summed E-state index contributed by atoms with van der Waals surface area (Å²) >= 11 is 0. The van der Waals surface area contributed by atoms with E-state index < -0.39 is 0 Å². The zero-order valence-electron chi connectivity index (χ0n) is 17.9. The molecule has 1 aliphatic carbocycles. The summed E-state index contributed by atoms with van der Waals surface area (Å²) in [6.07, 6.45) is 6.44. The van der Waals surface area contributed by atoms with E-state index >= 15 is 0 Å². The quantitative estimate of drug-likeness (QED) is 0.628. The molecular formula is C26H27N3O2. The molecule has 2 amide bonds. The van der Waals surface area contributed by atoms with E-state index in [1.807, 2.05) is 53.4 Å². The molecule has 0 atom stereocenters. The number of nitrogens with zero attached hydrogens (tertiary/aromatic N) is 2. The van der Waals surface area contributed by atoms with Crippen molar-refractivity contribution in [3.8, 4) is 0 Å². The van der Waals surface area contributed by atoms with E-state index in [2.05, 4.69) is 12.2 Å². The van der Waals surface area contributed by atoms with Crippen molar-refractivity contribution in [1.82, 2.24) is 9.88 Å². The minimum Gasteiger partial charge on any atom is -0.330 e. The van der Waals surface area contributed by atoms with E-state index in [9.17, 15) is 9.59 Å². The van der Waals surface area contributed by atoms with Gasteiger partial charge < -0.3 is 10.2 Å². The van der Waals surface area contributed by atoms with Gasteiger partial charge in [0.25, 0.3) is 11.8 Å². The third kappa shape index (κ3) is 3.48. The van der Waals surface area contributed by atoms with Crippen molar-refractivity contribution < 1.29 is 9.59 Å². The predicted molar refractivity (Wildman–Crippen MR) is 122 cm³/mol. The molecule has 1 aromatic heterocycles. The molecule has 0 spiro atoms. The van der Waals surface area contributed by atoms with Gasteiger partial charge in [0.05, 0.1) is 11.1 Å². The summed E-state index contributed by atoms with van der Waals surface area (Å²) in [5, 5.41) is 3.91. The van der Waals surface area contributed by atoms with E-state index in [-0.39, 0.29) is 17.9 Å². The fourth-order valence-corrected chi connectivity index (χ4v) is 5.04. The maximum Gasteiger partial charge on any atom is 0.273 e. The molecule has 1 aliphatic heterocycles. The molecule has 2 heterocycles. The molecule has 158 valence electrons. The average Bonchev–Trinajstić information content (AvgIpc) is 3.14. The first-order chi connectivity index (χ1) is 15.2. The maximum atomic E-state index is 13.6. The number of fused-ring (bicyclic) bond motifs is 2. The van der Waals surface area contributed by atoms with Crippen LogP contribution < -0.4 is 5.32 Å². The van der Waals surface area contributed by atoms with E-state index in [1.165, 1.54) is 6.42 Å². The zero-order valence-corrected chi connectivity index (χ0v) is 17.9. The molecule has 0 bridgehead atoms. The molecule has 5 rings (SSSR count). The second-order valence-corrected chi connectivity index (χ2v) is 8.52. The number of aryl methyl sites for hydroxylation is 1. The highest BCUT2D eigenvalue weighted by atomic mass is 16.2. The number of benzene rings is 2. The summed E-state index contributed by atoms with van der Waals surface area (Å²) in [6, 6.07) is 15.7. The standard InChI is InChI=1S/C26H27N3O2/c1-2-17-10-6-8-14-21(17)28-25(30)23-19-13-7-9-15-22(19)27-24-20(23)16-29(26(24)31)18-11-4-3-5-12-18/h6-10,13-15,18H,2-5,11-12,16H2,1H3,(H,28,30). The molecule has 1 fully saturated rings. The molecule has 1 N–H and O–H groups in total. The Balaban J connectivity index is 1.58. The highest BCUT2D eigenvalue weighted by molar-refractivity contribution is 6.16. The van der Waals surface area contributed by atoms with Crippen molar-refractivity contribution in [2.45, 2.75) is 58.0 Å². The molecule has 31 heavy (non-hydrogen) atoms. The third-order valence-electron chi connectivity index (χ3n) is 6.67. The number of hydrogen-bond acceptors (Lipinski definition) is 3. The van der Waals surface area contributed by atoms with Crippen LogP contribution in [0.5, 0.6) is 0 Å². The van der Waals surface area contributed by atoms with E-state index in [0.717, 1.165) is 54.3 Å². The van der Waals surface area contributed by atoms with Crippen LogP contribution in [0.1, 0.15) is 71.0 Å². The Labute approximate surface area is 182 Å². The van der Waals surface area contributed by atoms with Crippen LogP contribution in [0.2, 0.25) is 0 Å². The van der Waals surface area contributed by atoms with Gasteiger partial charge >= 0.3 is 0 Å². The number of rotatable bonds is 4. The van der Waals surface area contributed by atoms with Gasteiger partial charge in [-0.1, -0.05) is 62.6 Å². The highest BCUT2D eigenvalue weighted by Crippen LogP contribution is 2.35. The SMILES string of the molecule is CCc1ccccc1NC(=O)c1c2c(nc3ccccc13)C(=O)N(C1CCCCC1)C2. The summed E-state index contributed by atoms with van der Waals surface area (Å²) in [4.78, 5) is 33.5. The summed E-state index contributed by atoms with van der Waals surface area (Å²) < 4.78 is 0. The molecule has 0 unspecified atom stereocenters. The Morgan fingerprint density at radius 3 is 2.61 bits per heavy atom. The lowest BCUT2D eigenvalue weighted by molar-refractivity contribution is 0.0655. The molecule has 1 saturated carbocycles. The fraction of sp³-hybridized carbons (Fsp3) is 0.346. The predicted octanol–water partition coefficient (Wildman–Crippen LogP) is 5.34. The van der Waals surface area contributed by atoms with Crippen molar-refractivity contribution >= 4 is 28.4 Å². The van der Waals surface area contributed by atoms with E-state index in [0.29, 0.717) is 23.3 Å². The van der Waals surface area contributed by atoms with Crippen molar-refractivity contribution in [1.29, 1.82) is 0 Å². The number of nitrogens with one attached hydrogen (secondary N) is 1. The Hall–Kier alpha value is -3.21. The Bertz CT molecular complexity index is 1160. The smallest absolute Gasteiger partial charge is 0.273 e. The van der Waals surface area contributed by atoms with Gasteiger partial charge in [-0.15, -0.1) is 0 Å². The van der Waals surface area contributed by atoms with Crippen LogP contribution in [0.3, 0.4) is 0 Å². The largest absolute Gasteiger partial charge is 0.330 e. The second kappa shape index (κ2) is 8.14. The molecule has 0 saturated heterocycles. The first-order valence-electron chi connectivity index (χ1n) is 11.3. The Morgan fingerprint density at radius 1 is 1.06 bits per heavy atom. The number of para-hydroxylation sites is 2. The van der Waals surface area contributed by atoms with Crippen molar-refractivity contribution in [2.75, 3.05) is 5.32 Å². The van der Waals surface area contributed by atoms with Crippen LogP contribution in [0, 0.1) is 0 Å². The van der Waals surface area contributed by atoms with Crippen LogP contribution in [0.15, 0.2) is 48.5 Å². The van der Waals surface area contributed by atoms with Crippen LogP contribution >= 0.6 is 0 Å². The molecule has 0 radical (unpaired) electrons. The summed E-state index contributed by atoms with van der Waals surface area (Å²) in [5.74, 6) is -0.204. The topological polar surface area (TPSA) is 62.3 Å². The van der Waals surface area contributed by atoms with Gasteiger partial charge in [0.1, 0.15) is 5.69 Å². The summed E-state index contributed by atoms with van der Waals surface area (Å²) in [6.45, 7) is 2.54. The van der Waals surface area contributed by atoms with E-state index in [4.69, 9.17) is 4.98 Å². The number of carbonyl (C=O) groups excluding carboxylic acids is 2. The van der Waals surface area contributed by atoms with Gasteiger partial charge in [-0.3, -0.25) is 9.59 Å². The Morgan fingerprint density at radius 2 is 1.81 bits per heavy atom. The monoisotopic (exact) mass is 413 g/mol. The van der Waals surface area contributed by atoms with E-state index in [1.54, 1.807) is 0 Å². The number of anilines is 1. The van der Waals surface area contributed by atoms with Crippen LogP contribution in [-0.2, 0) is 13.0 Å². The number of amides is 2. The van der Waals surface area contributed by atoms with Gasteiger partial charge in [0.15, 0.2) is 0 Å². The number of aromatic nitrogens is 1. The minimum atomic E-state index is -0.172. The lowest BCUT2D eigenvalue weighted by Crippen LogP contribution is -2.37. The van der Waals surface area contributed by atoms with Gasteiger partial charge in [-0.05, 0) is 37.0 Å². The fourth-order valence-electron chi connectivity index (χ4n) is 5.04. The third-order valence-corrected chi connectivity index (χ3v) is 6.67. The zero-order chi connectivity index (χ0) is 21.4. The van der Waals surface area contributed by atoms with Crippen molar-refractivity contribution in [3.63, 3.8) is 0 Å². The lowest BCUT2D eigenvalue weighted by atomic mass is 9.94. The molecular weight excluding hydrogens is 386 g/mol. The minimum absolute atomic E-state index is 0.0318. The van der Waals surface area contributed by atoms with Crippen LogP contribution in [0.4, 0.5) is 5.69 Å². The van der Waals surface area contributed by atoms with Crippen molar-refractivity contribution in [2.24, 2.45) is 0 Å². The maximum absolute atomic E-state index is 13.6. The van der Waals surface area contributed by atoms with Crippen LogP contribution in [-0.4, -0.2) is 27.7 Å². The number of pyridine rings is 1. The van der Waals surface area contributed by atoms with Gasteiger partial charge in [0, 0.05) is 29.2 Å². The van der Waals surface area contributed by atoms with Crippen LogP contribution in [0.25, 0.3) is 10.9 Å². The number of hydrogen-bond donors (Lipinski definition) is 1. The van der Waals surface area contributed by atoms with Gasteiger partial charge in [-0.2, -0.15) is 0 Å².